The van der Waals surface area contributed by atoms with Gasteiger partial charge in [0, 0.05) is 29.3 Å². The third-order valence-corrected chi connectivity index (χ3v) is 4.66. The Morgan fingerprint density at radius 1 is 0.943 bits per heavy atom. The number of hydrogen-bond acceptors (Lipinski definition) is 8. The number of nitrogens with one attached hydrogen (secondary N) is 1. The van der Waals surface area contributed by atoms with E-state index in [0.717, 1.165) is 11.8 Å². The number of esters is 1. The standard InChI is InChI=1S/C25H21N3O7/c1-33-21-9-3-17(4-10-21)5-14-24(29)35-23-13-8-20(28(31)32)15-19(23)16-26-27-25(30)18-6-11-22(34-2)12-7-18/h3-16H,1-2H3,(H,27,30)/b14-5+,26-16+. The number of carbonyl (C=O) groups is 2. The van der Waals surface area contributed by atoms with Gasteiger partial charge >= 0.3 is 5.97 Å². The lowest BCUT2D eigenvalue weighted by atomic mass is 10.2. The number of nitro benzene ring substituents is 1. The molecule has 0 bridgehead atoms. The number of carbonyl (C=O) groups excluding carboxylic acids is 2. The van der Waals surface area contributed by atoms with E-state index < -0.39 is 16.8 Å². The van der Waals surface area contributed by atoms with Gasteiger partial charge in [-0.15, -0.1) is 0 Å². The van der Waals surface area contributed by atoms with Gasteiger partial charge in [0.2, 0.25) is 0 Å². The molecule has 0 spiro atoms. The third kappa shape index (κ3) is 6.99. The van der Waals surface area contributed by atoms with Crippen molar-refractivity contribution < 1.29 is 28.7 Å². The number of hydrazone groups is 1. The fourth-order valence-corrected chi connectivity index (χ4v) is 2.83. The van der Waals surface area contributed by atoms with Gasteiger partial charge in [0.05, 0.1) is 25.4 Å². The maximum Gasteiger partial charge on any atom is 0.336 e. The van der Waals surface area contributed by atoms with Crippen molar-refractivity contribution >= 4 is 29.9 Å². The highest BCUT2D eigenvalue weighted by atomic mass is 16.6. The molecule has 1 N–H and O–H groups in total. The van der Waals surface area contributed by atoms with Gasteiger partial charge < -0.3 is 14.2 Å². The van der Waals surface area contributed by atoms with Gasteiger partial charge in [0.15, 0.2) is 0 Å². The van der Waals surface area contributed by atoms with E-state index in [-0.39, 0.29) is 17.0 Å². The minimum absolute atomic E-state index is 0.0300. The molecule has 3 aromatic carbocycles. The van der Waals surface area contributed by atoms with Gasteiger partial charge in [-0.25, -0.2) is 10.2 Å². The number of benzene rings is 3. The van der Waals surface area contributed by atoms with E-state index in [2.05, 4.69) is 10.5 Å². The first-order chi connectivity index (χ1) is 16.9. The van der Waals surface area contributed by atoms with Crippen LogP contribution in [-0.2, 0) is 4.79 Å². The lowest BCUT2D eigenvalue weighted by Crippen LogP contribution is -2.17. The summed E-state index contributed by atoms with van der Waals surface area (Å²) in [5.41, 5.74) is 3.29. The van der Waals surface area contributed by atoms with E-state index in [1.54, 1.807) is 61.7 Å². The summed E-state index contributed by atoms with van der Waals surface area (Å²) in [6.45, 7) is 0. The van der Waals surface area contributed by atoms with Gasteiger partial charge in [-0.2, -0.15) is 5.10 Å². The van der Waals surface area contributed by atoms with Crippen LogP contribution in [0.4, 0.5) is 5.69 Å². The maximum atomic E-state index is 12.3. The van der Waals surface area contributed by atoms with Crippen LogP contribution in [0.25, 0.3) is 6.08 Å². The molecule has 0 saturated carbocycles. The molecule has 10 heteroatoms. The molecule has 0 aliphatic rings. The van der Waals surface area contributed by atoms with E-state index in [1.165, 1.54) is 31.4 Å². The van der Waals surface area contributed by atoms with Crippen molar-refractivity contribution in [3.63, 3.8) is 0 Å². The van der Waals surface area contributed by atoms with E-state index in [1.807, 2.05) is 0 Å². The van der Waals surface area contributed by atoms with Crippen molar-refractivity contribution in [1.29, 1.82) is 0 Å². The lowest BCUT2D eigenvalue weighted by molar-refractivity contribution is -0.384. The second-order valence-electron chi connectivity index (χ2n) is 6.93. The Balaban J connectivity index is 1.72. The van der Waals surface area contributed by atoms with Crippen LogP contribution >= 0.6 is 0 Å². The van der Waals surface area contributed by atoms with Gasteiger partial charge in [-0.05, 0) is 54.1 Å². The smallest absolute Gasteiger partial charge is 0.336 e. The maximum absolute atomic E-state index is 12.3. The largest absolute Gasteiger partial charge is 0.497 e. The normalized spacial score (nSPS) is 10.8. The summed E-state index contributed by atoms with van der Waals surface area (Å²) < 4.78 is 15.5. The number of rotatable bonds is 9. The molecule has 0 radical (unpaired) electrons. The summed E-state index contributed by atoms with van der Waals surface area (Å²) in [6, 6.07) is 17.0. The van der Waals surface area contributed by atoms with Crippen LogP contribution in [0.2, 0.25) is 0 Å². The highest BCUT2D eigenvalue weighted by molar-refractivity contribution is 5.96. The van der Waals surface area contributed by atoms with Crippen LogP contribution in [0.3, 0.4) is 0 Å². The number of methoxy groups -OCH3 is 2. The molecule has 0 unspecified atom stereocenters. The topological polar surface area (TPSA) is 129 Å². The Labute approximate surface area is 200 Å². The second-order valence-corrected chi connectivity index (χ2v) is 6.93. The number of nitro groups is 1. The fourth-order valence-electron chi connectivity index (χ4n) is 2.83. The Kier molecular flexibility index (Phi) is 8.28. The predicted octanol–water partition coefficient (Wildman–Crippen LogP) is 3.99. The van der Waals surface area contributed by atoms with Gasteiger partial charge in [-0.3, -0.25) is 14.9 Å². The zero-order chi connectivity index (χ0) is 25.2. The molecule has 0 aliphatic heterocycles. The number of amides is 1. The lowest BCUT2D eigenvalue weighted by Gasteiger charge is -2.06. The SMILES string of the molecule is COc1ccc(/C=C/C(=O)Oc2ccc([N+](=O)[O-])cc2/C=N/NC(=O)c2ccc(OC)cc2)cc1. The van der Waals surface area contributed by atoms with Crippen molar-refractivity contribution in [3.8, 4) is 17.2 Å². The van der Waals surface area contributed by atoms with Crippen LogP contribution in [0.15, 0.2) is 77.9 Å². The molecular weight excluding hydrogens is 454 g/mol. The van der Waals surface area contributed by atoms with E-state index in [4.69, 9.17) is 14.2 Å². The molecule has 0 aliphatic carbocycles. The number of ether oxygens (including phenoxy) is 3. The molecule has 1 amide bonds. The van der Waals surface area contributed by atoms with E-state index in [0.29, 0.717) is 17.1 Å². The zero-order valence-electron chi connectivity index (χ0n) is 18.8. The van der Waals surface area contributed by atoms with Crippen molar-refractivity contribution in [2.75, 3.05) is 14.2 Å². The molecular formula is C25H21N3O7. The average molecular weight is 475 g/mol. The number of non-ortho nitro benzene ring substituents is 1. The Morgan fingerprint density at radius 3 is 2.17 bits per heavy atom. The molecule has 3 aromatic rings. The molecule has 3 rings (SSSR count). The molecule has 10 nitrogen and oxygen atoms in total. The summed E-state index contributed by atoms with van der Waals surface area (Å²) in [7, 11) is 3.06. The third-order valence-electron chi connectivity index (χ3n) is 4.66. The minimum Gasteiger partial charge on any atom is -0.497 e. The van der Waals surface area contributed by atoms with E-state index in [9.17, 15) is 19.7 Å². The van der Waals surface area contributed by atoms with Crippen LogP contribution in [0, 0.1) is 10.1 Å². The highest BCUT2D eigenvalue weighted by Gasteiger charge is 2.13. The van der Waals surface area contributed by atoms with Crippen molar-refractivity contribution in [1.82, 2.24) is 5.43 Å². The van der Waals surface area contributed by atoms with Crippen LogP contribution in [0.5, 0.6) is 17.2 Å². The quantitative estimate of drug-likeness (QED) is 0.124. The first-order valence-corrected chi connectivity index (χ1v) is 10.2. The van der Waals surface area contributed by atoms with Crippen molar-refractivity contribution in [2.24, 2.45) is 5.10 Å². The van der Waals surface area contributed by atoms with Gasteiger partial charge in [0.25, 0.3) is 11.6 Å². The number of hydrogen-bond donors (Lipinski definition) is 1. The molecule has 0 atom stereocenters. The van der Waals surface area contributed by atoms with Gasteiger partial charge in [0.1, 0.15) is 17.2 Å². The first kappa shape index (κ1) is 24.6. The molecule has 0 saturated heterocycles. The highest BCUT2D eigenvalue weighted by Crippen LogP contribution is 2.23. The Morgan fingerprint density at radius 2 is 1.57 bits per heavy atom. The molecule has 0 fully saturated rings. The first-order valence-electron chi connectivity index (χ1n) is 10.2. The Bertz CT molecular complexity index is 1270. The van der Waals surface area contributed by atoms with Crippen LogP contribution < -0.4 is 19.6 Å². The molecule has 35 heavy (non-hydrogen) atoms. The second kappa shape index (κ2) is 11.8. The zero-order valence-corrected chi connectivity index (χ0v) is 18.8. The monoisotopic (exact) mass is 475 g/mol. The Hall–Kier alpha value is -4.99. The summed E-state index contributed by atoms with van der Waals surface area (Å²) in [6.07, 6.45) is 3.93. The summed E-state index contributed by atoms with van der Waals surface area (Å²) in [4.78, 5) is 35.1. The summed E-state index contributed by atoms with van der Waals surface area (Å²) in [5, 5.41) is 15.0. The molecule has 0 aromatic heterocycles. The molecule has 0 heterocycles. The predicted molar refractivity (Wildman–Crippen MR) is 129 cm³/mol. The average Bonchev–Trinajstić information content (AvgIpc) is 2.88. The molecule has 178 valence electrons. The van der Waals surface area contributed by atoms with Crippen molar-refractivity contribution in [3.05, 3.63) is 99.6 Å². The van der Waals surface area contributed by atoms with Crippen LogP contribution in [-0.4, -0.2) is 37.2 Å². The summed E-state index contributed by atoms with van der Waals surface area (Å²) in [5.74, 6) is 0.0945. The van der Waals surface area contributed by atoms with Crippen molar-refractivity contribution in [2.45, 2.75) is 0 Å². The number of nitrogens with zero attached hydrogens (tertiary/aromatic N) is 2. The summed E-state index contributed by atoms with van der Waals surface area (Å²) >= 11 is 0. The minimum atomic E-state index is -0.702. The van der Waals surface area contributed by atoms with Gasteiger partial charge in [-0.1, -0.05) is 12.1 Å². The van der Waals surface area contributed by atoms with E-state index >= 15 is 0 Å². The van der Waals surface area contributed by atoms with Crippen LogP contribution in [0.1, 0.15) is 21.5 Å². The fraction of sp³-hybridized carbons (Fsp3) is 0.0800.